The summed E-state index contributed by atoms with van der Waals surface area (Å²) in [6.45, 7) is 1.32. The van der Waals surface area contributed by atoms with Crippen LogP contribution in [0.1, 0.15) is 11.5 Å². The molecule has 3 aromatic rings. The van der Waals surface area contributed by atoms with Crippen LogP contribution in [0.2, 0.25) is 10.0 Å². The van der Waals surface area contributed by atoms with Gasteiger partial charge in [-0.1, -0.05) is 29.3 Å². The second-order valence-corrected chi connectivity index (χ2v) is 6.40. The van der Waals surface area contributed by atoms with E-state index in [1.54, 1.807) is 30.7 Å². The number of benzene rings is 1. The first kappa shape index (κ1) is 17.6. The van der Waals surface area contributed by atoms with Gasteiger partial charge in [-0.05, 0) is 36.4 Å². The van der Waals surface area contributed by atoms with Crippen molar-refractivity contribution in [3.8, 4) is 0 Å². The maximum absolute atomic E-state index is 12.5. The molecule has 0 saturated heterocycles. The molecule has 0 aliphatic carbocycles. The molecular weight excluding hydrogens is 363 g/mol. The van der Waals surface area contributed by atoms with Gasteiger partial charge >= 0.3 is 0 Å². The fraction of sp³-hybridized carbons (Fsp3) is 0.167. The number of rotatable bonds is 7. The number of hydrogen-bond donors (Lipinski definition) is 2. The molecule has 0 aliphatic rings. The fourth-order valence-corrected chi connectivity index (χ4v) is 3.03. The highest BCUT2D eigenvalue weighted by Crippen LogP contribution is 2.29. The third-order valence-electron chi connectivity index (χ3n) is 3.65. The van der Waals surface area contributed by atoms with Crippen LogP contribution in [0.5, 0.6) is 0 Å². The second kappa shape index (κ2) is 8.25. The molecule has 2 aromatic heterocycles. The molecule has 3 rings (SSSR count). The molecule has 1 amide bonds. The summed E-state index contributed by atoms with van der Waals surface area (Å²) in [5, 5.41) is 3.59. The molecule has 0 radical (unpaired) electrons. The summed E-state index contributed by atoms with van der Waals surface area (Å²) in [5.74, 6) is 1.40. The number of quaternary nitrogens is 1. The predicted molar refractivity (Wildman–Crippen MR) is 95.7 cm³/mol. The SMILES string of the molecule is O=C(C[NH+](Cc1ccco1)Cc1ccco1)Nc1c(Cl)cccc1Cl. The minimum absolute atomic E-state index is 0.192. The molecule has 0 atom stereocenters. The number of halogens is 2. The minimum atomic E-state index is -0.192. The largest absolute Gasteiger partial charge is 0.463 e. The van der Waals surface area contributed by atoms with E-state index in [1.807, 2.05) is 24.3 Å². The topological polar surface area (TPSA) is 59.8 Å². The Bertz CT molecular complexity index is 760. The van der Waals surface area contributed by atoms with Crippen molar-refractivity contribution in [2.75, 3.05) is 11.9 Å². The molecule has 2 N–H and O–H groups in total. The van der Waals surface area contributed by atoms with Gasteiger partial charge in [0, 0.05) is 0 Å². The lowest BCUT2D eigenvalue weighted by molar-refractivity contribution is -0.921. The van der Waals surface area contributed by atoms with Gasteiger partial charge in [0.25, 0.3) is 5.91 Å². The number of carbonyl (C=O) groups is 1. The Morgan fingerprint density at radius 3 is 1.96 bits per heavy atom. The van der Waals surface area contributed by atoms with Gasteiger partial charge in [0.15, 0.2) is 18.1 Å². The van der Waals surface area contributed by atoms with E-state index in [4.69, 9.17) is 32.0 Å². The minimum Gasteiger partial charge on any atom is -0.463 e. The van der Waals surface area contributed by atoms with Gasteiger partial charge in [0.2, 0.25) is 0 Å². The van der Waals surface area contributed by atoms with E-state index < -0.39 is 0 Å². The molecule has 0 bridgehead atoms. The molecule has 7 heteroatoms. The van der Waals surface area contributed by atoms with Gasteiger partial charge in [-0.2, -0.15) is 0 Å². The van der Waals surface area contributed by atoms with Gasteiger partial charge in [-0.15, -0.1) is 0 Å². The average molecular weight is 380 g/mol. The molecule has 1 aromatic carbocycles. The van der Waals surface area contributed by atoms with Crippen LogP contribution in [0.15, 0.2) is 63.8 Å². The van der Waals surface area contributed by atoms with E-state index >= 15 is 0 Å². The maximum Gasteiger partial charge on any atom is 0.279 e. The normalized spacial score (nSPS) is 11.0. The molecule has 0 fully saturated rings. The van der Waals surface area contributed by atoms with E-state index in [0.717, 1.165) is 16.4 Å². The summed E-state index contributed by atoms with van der Waals surface area (Å²) in [6.07, 6.45) is 3.23. The summed E-state index contributed by atoms with van der Waals surface area (Å²) in [7, 11) is 0. The highest BCUT2D eigenvalue weighted by atomic mass is 35.5. The van der Waals surface area contributed by atoms with Crippen molar-refractivity contribution in [3.63, 3.8) is 0 Å². The first-order valence-corrected chi connectivity index (χ1v) is 8.49. The van der Waals surface area contributed by atoms with Gasteiger partial charge < -0.3 is 19.1 Å². The number of carbonyl (C=O) groups excluding carboxylic acids is 1. The summed E-state index contributed by atoms with van der Waals surface area (Å²) < 4.78 is 10.8. The lowest BCUT2D eigenvalue weighted by atomic mass is 10.3. The zero-order chi connectivity index (χ0) is 17.6. The predicted octanol–water partition coefficient (Wildman–Crippen LogP) is 3.40. The molecule has 130 valence electrons. The fourth-order valence-electron chi connectivity index (χ4n) is 2.53. The molecule has 25 heavy (non-hydrogen) atoms. The van der Waals surface area contributed by atoms with Crippen molar-refractivity contribution in [2.24, 2.45) is 0 Å². The van der Waals surface area contributed by atoms with E-state index in [9.17, 15) is 4.79 Å². The van der Waals surface area contributed by atoms with Crippen LogP contribution in [0.3, 0.4) is 0 Å². The van der Waals surface area contributed by atoms with E-state index in [1.165, 1.54) is 0 Å². The van der Waals surface area contributed by atoms with E-state index in [-0.39, 0.29) is 12.5 Å². The van der Waals surface area contributed by atoms with Crippen LogP contribution in [0, 0.1) is 0 Å². The summed E-state index contributed by atoms with van der Waals surface area (Å²) in [4.78, 5) is 13.4. The smallest absolute Gasteiger partial charge is 0.279 e. The summed E-state index contributed by atoms with van der Waals surface area (Å²) in [6, 6.07) is 12.5. The van der Waals surface area contributed by atoms with Gasteiger partial charge in [0.05, 0.1) is 28.3 Å². The third-order valence-corrected chi connectivity index (χ3v) is 4.28. The summed E-state index contributed by atoms with van der Waals surface area (Å²) in [5.41, 5.74) is 0.422. The van der Waals surface area contributed by atoms with Crippen molar-refractivity contribution in [1.82, 2.24) is 0 Å². The zero-order valence-corrected chi connectivity index (χ0v) is 14.8. The number of anilines is 1. The first-order valence-electron chi connectivity index (χ1n) is 7.74. The number of hydrogen-bond acceptors (Lipinski definition) is 3. The third kappa shape index (κ3) is 4.89. The lowest BCUT2D eigenvalue weighted by Crippen LogP contribution is -3.10. The molecule has 0 unspecified atom stereocenters. The Labute approximate surface area is 155 Å². The monoisotopic (exact) mass is 379 g/mol. The molecular formula is C18H17Cl2N2O3+. The van der Waals surface area contributed by atoms with Crippen molar-refractivity contribution in [3.05, 3.63) is 76.6 Å². The van der Waals surface area contributed by atoms with Crippen LogP contribution in [0.4, 0.5) is 5.69 Å². The van der Waals surface area contributed by atoms with Crippen molar-refractivity contribution >= 4 is 34.8 Å². The van der Waals surface area contributed by atoms with Crippen LogP contribution in [-0.2, 0) is 17.9 Å². The van der Waals surface area contributed by atoms with Crippen LogP contribution >= 0.6 is 23.2 Å². The molecule has 0 aliphatic heterocycles. The van der Waals surface area contributed by atoms with Crippen molar-refractivity contribution in [1.29, 1.82) is 0 Å². The number of furan rings is 2. The number of para-hydroxylation sites is 1. The standard InChI is InChI=1S/C18H16Cl2N2O3/c19-15-6-1-7-16(20)18(15)21-17(23)12-22(10-13-4-2-8-24-13)11-14-5-3-9-25-14/h1-9H,10-12H2,(H,21,23)/p+1. The Kier molecular flexibility index (Phi) is 5.81. The second-order valence-electron chi connectivity index (χ2n) is 5.58. The zero-order valence-electron chi connectivity index (χ0n) is 13.3. The van der Waals surface area contributed by atoms with Crippen LogP contribution < -0.4 is 10.2 Å². The van der Waals surface area contributed by atoms with Gasteiger partial charge in [-0.25, -0.2) is 0 Å². The average Bonchev–Trinajstić information content (AvgIpc) is 3.25. The maximum atomic E-state index is 12.5. The van der Waals surface area contributed by atoms with E-state index in [0.29, 0.717) is 28.8 Å². The molecule has 0 spiro atoms. The molecule has 5 nitrogen and oxygen atoms in total. The lowest BCUT2D eigenvalue weighted by Gasteiger charge is -2.17. The van der Waals surface area contributed by atoms with Gasteiger partial charge in [0.1, 0.15) is 13.1 Å². The number of amides is 1. The highest BCUT2D eigenvalue weighted by molar-refractivity contribution is 6.39. The molecule has 0 saturated carbocycles. The summed E-state index contributed by atoms with van der Waals surface area (Å²) >= 11 is 12.2. The quantitative estimate of drug-likeness (QED) is 0.661. The van der Waals surface area contributed by atoms with Crippen LogP contribution in [0.25, 0.3) is 0 Å². The van der Waals surface area contributed by atoms with Crippen molar-refractivity contribution < 1.29 is 18.5 Å². The van der Waals surface area contributed by atoms with Crippen LogP contribution in [-0.4, -0.2) is 12.5 Å². The Hall–Kier alpha value is -2.21. The molecule has 2 heterocycles. The Morgan fingerprint density at radius 1 is 0.920 bits per heavy atom. The Morgan fingerprint density at radius 2 is 1.48 bits per heavy atom. The van der Waals surface area contributed by atoms with Crippen molar-refractivity contribution in [2.45, 2.75) is 13.1 Å². The van der Waals surface area contributed by atoms with Gasteiger partial charge in [-0.3, -0.25) is 4.79 Å². The number of nitrogens with one attached hydrogen (secondary N) is 2. The van der Waals surface area contributed by atoms with E-state index in [2.05, 4.69) is 5.32 Å². The Balaban J connectivity index is 1.69. The highest BCUT2D eigenvalue weighted by Gasteiger charge is 2.19. The first-order chi connectivity index (χ1) is 12.1.